The van der Waals surface area contributed by atoms with Crippen LogP contribution in [0.15, 0.2) is 54.6 Å². The van der Waals surface area contributed by atoms with Crippen molar-refractivity contribution in [3.8, 4) is 22.8 Å². The van der Waals surface area contributed by atoms with Crippen molar-refractivity contribution in [1.29, 1.82) is 0 Å². The van der Waals surface area contributed by atoms with Gasteiger partial charge >= 0.3 is 0 Å². The van der Waals surface area contributed by atoms with E-state index < -0.39 is 18.4 Å². The van der Waals surface area contributed by atoms with Gasteiger partial charge in [0.2, 0.25) is 5.82 Å². The molecule has 0 spiro atoms. The van der Waals surface area contributed by atoms with Crippen molar-refractivity contribution in [3.63, 3.8) is 0 Å². The van der Waals surface area contributed by atoms with Crippen molar-refractivity contribution in [2.24, 2.45) is 0 Å². The van der Waals surface area contributed by atoms with E-state index in [-0.39, 0.29) is 5.82 Å². The van der Waals surface area contributed by atoms with E-state index in [9.17, 15) is 9.59 Å². The van der Waals surface area contributed by atoms with Crippen LogP contribution in [0.25, 0.3) is 17.1 Å². The second-order valence-corrected chi connectivity index (χ2v) is 5.45. The third-order valence-electron chi connectivity index (χ3n) is 3.69. The molecule has 3 N–H and O–H groups in total. The zero-order valence-corrected chi connectivity index (χ0v) is 14.4. The summed E-state index contributed by atoms with van der Waals surface area (Å²) in [6, 6.07) is 16.4. The number of benzene rings is 2. The second-order valence-electron chi connectivity index (χ2n) is 5.45. The lowest BCUT2D eigenvalue weighted by Gasteiger charge is -2.07. The van der Waals surface area contributed by atoms with Crippen molar-refractivity contribution in [1.82, 2.24) is 25.6 Å². The number of rotatable bonds is 6. The Kier molecular flexibility index (Phi) is 5.43. The standard InChI is InChI=1S/C18H17N5O4/c1-27-14-9-7-13(8-10-14)23-17(12-5-3-2-4-6-12)20-16(21-23)18(25)19-11-15(24)22-26/h2-10,26H,11H2,1H3,(H,19,25)(H,22,24). The summed E-state index contributed by atoms with van der Waals surface area (Å²) in [5.74, 6) is -0.328. The Bertz CT molecular complexity index is 938. The van der Waals surface area contributed by atoms with Gasteiger partial charge in [-0.1, -0.05) is 30.3 Å². The Morgan fingerprint density at radius 2 is 1.81 bits per heavy atom. The highest BCUT2D eigenvalue weighted by Gasteiger charge is 2.19. The third-order valence-corrected chi connectivity index (χ3v) is 3.69. The van der Waals surface area contributed by atoms with Gasteiger partial charge in [0.25, 0.3) is 11.8 Å². The summed E-state index contributed by atoms with van der Waals surface area (Å²) in [6.07, 6.45) is 0. The number of carbonyl (C=O) groups is 2. The molecule has 2 aromatic carbocycles. The predicted octanol–water partition coefficient (Wildman–Crippen LogP) is 1.18. The molecule has 138 valence electrons. The van der Waals surface area contributed by atoms with Gasteiger partial charge in [0.15, 0.2) is 5.82 Å². The smallest absolute Gasteiger partial charge is 0.291 e. The highest BCUT2D eigenvalue weighted by Crippen LogP contribution is 2.22. The average molecular weight is 367 g/mol. The maximum atomic E-state index is 12.3. The molecule has 0 aliphatic heterocycles. The van der Waals surface area contributed by atoms with Crippen molar-refractivity contribution in [3.05, 3.63) is 60.4 Å². The fourth-order valence-electron chi connectivity index (χ4n) is 2.36. The number of carbonyl (C=O) groups excluding carboxylic acids is 2. The highest BCUT2D eigenvalue weighted by atomic mass is 16.5. The topological polar surface area (TPSA) is 118 Å². The Balaban J connectivity index is 1.98. The van der Waals surface area contributed by atoms with Crippen LogP contribution in [0.4, 0.5) is 0 Å². The number of nitrogens with zero attached hydrogens (tertiary/aromatic N) is 3. The van der Waals surface area contributed by atoms with Crippen molar-refractivity contribution in [2.45, 2.75) is 0 Å². The lowest BCUT2D eigenvalue weighted by Crippen LogP contribution is -2.35. The van der Waals surface area contributed by atoms with E-state index in [4.69, 9.17) is 9.94 Å². The average Bonchev–Trinajstić information content (AvgIpc) is 3.18. The number of hydroxylamine groups is 1. The molecular weight excluding hydrogens is 350 g/mol. The minimum atomic E-state index is -0.749. The number of hydrogen-bond acceptors (Lipinski definition) is 6. The fourth-order valence-corrected chi connectivity index (χ4v) is 2.36. The van der Waals surface area contributed by atoms with Crippen LogP contribution in [0.5, 0.6) is 5.75 Å². The summed E-state index contributed by atoms with van der Waals surface area (Å²) in [4.78, 5) is 27.7. The molecule has 0 saturated heterocycles. The van der Waals surface area contributed by atoms with Crippen molar-refractivity contribution in [2.75, 3.05) is 13.7 Å². The van der Waals surface area contributed by atoms with Crippen LogP contribution in [0.1, 0.15) is 10.6 Å². The Labute approximate surface area is 154 Å². The van der Waals surface area contributed by atoms with E-state index in [1.807, 2.05) is 30.3 Å². The largest absolute Gasteiger partial charge is 0.497 e. The van der Waals surface area contributed by atoms with E-state index in [0.717, 1.165) is 5.56 Å². The number of ether oxygens (including phenoxy) is 1. The first-order valence-corrected chi connectivity index (χ1v) is 8.00. The van der Waals surface area contributed by atoms with Gasteiger partial charge < -0.3 is 10.1 Å². The van der Waals surface area contributed by atoms with E-state index in [1.165, 1.54) is 10.2 Å². The summed E-state index contributed by atoms with van der Waals surface area (Å²) in [6.45, 7) is -0.396. The molecular formula is C18H17N5O4. The minimum Gasteiger partial charge on any atom is -0.497 e. The van der Waals surface area contributed by atoms with Crippen LogP contribution in [-0.2, 0) is 4.79 Å². The first kappa shape index (κ1) is 18.1. The molecule has 0 aliphatic carbocycles. The van der Waals surface area contributed by atoms with Gasteiger partial charge in [0, 0.05) is 5.56 Å². The number of aromatic nitrogens is 3. The van der Waals surface area contributed by atoms with Crippen LogP contribution >= 0.6 is 0 Å². The number of amides is 2. The minimum absolute atomic E-state index is 0.101. The number of hydrogen-bond donors (Lipinski definition) is 3. The van der Waals surface area contributed by atoms with Gasteiger partial charge in [-0.2, -0.15) is 0 Å². The first-order valence-electron chi connectivity index (χ1n) is 8.00. The zero-order valence-electron chi connectivity index (χ0n) is 14.4. The summed E-state index contributed by atoms with van der Waals surface area (Å²) in [5, 5.41) is 15.1. The van der Waals surface area contributed by atoms with Gasteiger partial charge in [0.05, 0.1) is 19.3 Å². The molecule has 9 nitrogen and oxygen atoms in total. The molecule has 0 saturated carbocycles. The number of nitrogens with one attached hydrogen (secondary N) is 2. The van der Waals surface area contributed by atoms with Crippen LogP contribution < -0.4 is 15.5 Å². The maximum Gasteiger partial charge on any atom is 0.291 e. The number of methoxy groups -OCH3 is 1. The van der Waals surface area contributed by atoms with Gasteiger partial charge in [-0.15, -0.1) is 5.10 Å². The maximum absolute atomic E-state index is 12.3. The molecule has 3 rings (SSSR count). The Morgan fingerprint density at radius 1 is 1.11 bits per heavy atom. The quantitative estimate of drug-likeness (QED) is 0.445. The lowest BCUT2D eigenvalue weighted by molar-refractivity contribution is -0.128. The van der Waals surface area contributed by atoms with Gasteiger partial charge in [-0.3, -0.25) is 14.8 Å². The molecule has 27 heavy (non-hydrogen) atoms. The Hall–Kier alpha value is -3.72. The molecule has 0 atom stereocenters. The normalized spacial score (nSPS) is 10.3. The van der Waals surface area contributed by atoms with Crippen LogP contribution in [-0.4, -0.2) is 45.4 Å². The molecule has 1 aromatic heterocycles. The van der Waals surface area contributed by atoms with E-state index >= 15 is 0 Å². The highest BCUT2D eigenvalue weighted by molar-refractivity contribution is 5.93. The monoisotopic (exact) mass is 367 g/mol. The second kappa shape index (κ2) is 8.11. The SMILES string of the molecule is COc1ccc(-n2nc(C(=O)NCC(=O)NO)nc2-c2ccccc2)cc1. The third kappa shape index (κ3) is 4.10. The fraction of sp³-hybridized carbons (Fsp3) is 0.111. The molecule has 2 amide bonds. The summed E-state index contributed by atoms with van der Waals surface area (Å²) in [5.41, 5.74) is 2.90. The zero-order chi connectivity index (χ0) is 19.2. The molecule has 0 fully saturated rings. The summed E-state index contributed by atoms with van der Waals surface area (Å²) in [7, 11) is 1.57. The molecule has 0 aliphatic rings. The van der Waals surface area contributed by atoms with E-state index in [2.05, 4.69) is 15.4 Å². The van der Waals surface area contributed by atoms with Crippen LogP contribution in [0, 0.1) is 0 Å². The summed E-state index contributed by atoms with van der Waals surface area (Å²) < 4.78 is 6.70. The van der Waals surface area contributed by atoms with E-state index in [0.29, 0.717) is 17.3 Å². The van der Waals surface area contributed by atoms with Gasteiger partial charge in [-0.25, -0.2) is 15.1 Å². The first-order chi connectivity index (χ1) is 13.1. The molecule has 3 aromatic rings. The molecule has 0 bridgehead atoms. The van der Waals surface area contributed by atoms with Crippen LogP contribution in [0.3, 0.4) is 0 Å². The Morgan fingerprint density at radius 3 is 2.44 bits per heavy atom. The molecule has 9 heteroatoms. The molecule has 1 heterocycles. The lowest BCUT2D eigenvalue weighted by atomic mass is 10.2. The predicted molar refractivity (Wildman–Crippen MR) is 95.6 cm³/mol. The van der Waals surface area contributed by atoms with Crippen molar-refractivity contribution < 1.29 is 19.5 Å². The molecule has 0 radical (unpaired) electrons. The van der Waals surface area contributed by atoms with Gasteiger partial charge in [0.1, 0.15) is 5.75 Å². The van der Waals surface area contributed by atoms with Gasteiger partial charge in [-0.05, 0) is 24.3 Å². The van der Waals surface area contributed by atoms with Crippen LogP contribution in [0.2, 0.25) is 0 Å². The van der Waals surface area contributed by atoms with E-state index in [1.54, 1.807) is 31.4 Å². The molecule has 0 unspecified atom stereocenters. The van der Waals surface area contributed by atoms with Crippen molar-refractivity contribution >= 4 is 11.8 Å². The summed E-state index contributed by atoms with van der Waals surface area (Å²) >= 11 is 0.